The van der Waals surface area contributed by atoms with Crippen molar-refractivity contribution in [1.29, 1.82) is 0 Å². The normalized spacial score (nSPS) is 10.3. The SMILES string of the molecule is Cc1cc(OCCNC(=O)Nc2cccc(C)c2C)ccc1Cl. The third kappa shape index (κ3) is 4.89. The van der Waals surface area contributed by atoms with Crippen LogP contribution in [0, 0.1) is 20.8 Å². The summed E-state index contributed by atoms with van der Waals surface area (Å²) in [4.78, 5) is 11.9. The summed E-state index contributed by atoms with van der Waals surface area (Å²) in [7, 11) is 0. The Labute approximate surface area is 141 Å². The van der Waals surface area contributed by atoms with Crippen LogP contribution in [-0.2, 0) is 0 Å². The first-order valence-corrected chi connectivity index (χ1v) is 7.85. The Balaban J connectivity index is 1.76. The molecule has 0 atom stereocenters. The highest BCUT2D eigenvalue weighted by Gasteiger charge is 2.05. The summed E-state index contributed by atoms with van der Waals surface area (Å²) in [6.07, 6.45) is 0. The van der Waals surface area contributed by atoms with Gasteiger partial charge in [-0.3, -0.25) is 0 Å². The van der Waals surface area contributed by atoms with Crippen LogP contribution in [0.25, 0.3) is 0 Å². The molecule has 0 fully saturated rings. The number of anilines is 1. The van der Waals surface area contributed by atoms with E-state index < -0.39 is 0 Å². The topological polar surface area (TPSA) is 50.4 Å². The molecule has 5 heteroatoms. The maximum absolute atomic E-state index is 11.9. The van der Waals surface area contributed by atoms with E-state index in [1.807, 2.05) is 51.1 Å². The van der Waals surface area contributed by atoms with Gasteiger partial charge in [0.25, 0.3) is 0 Å². The van der Waals surface area contributed by atoms with E-state index in [0.29, 0.717) is 18.2 Å². The lowest BCUT2D eigenvalue weighted by molar-refractivity contribution is 0.247. The van der Waals surface area contributed by atoms with E-state index in [1.165, 1.54) is 0 Å². The summed E-state index contributed by atoms with van der Waals surface area (Å²) < 4.78 is 5.58. The predicted molar refractivity (Wildman–Crippen MR) is 94.6 cm³/mol. The number of nitrogens with one attached hydrogen (secondary N) is 2. The van der Waals surface area contributed by atoms with Crippen molar-refractivity contribution in [1.82, 2.24) is 5.32 Å². The molecule has 122 valence electrons. The number of benzene rings is 2. The fourth-order valence-corrected chi connectivity index (χ4v) is 2.21. The molecule has 2 rings (SSSR count). The van der Waals surface area contributed by atoms with Gasteiger partial charge in [0.1, 0.15) is 12.4 Å². The maximum atomic E-state index is 11.9. The second kappa shape index (κ2) is 7.88. The van der Waals surface area contributed by atoms with Crippen LogP contribution in [0.15, 0.2) is 36.4 Å². The van der Waals surface area contributed by atoms with E-state index in [4.69, 9.17) is 16.3 Å². The number of rotatable bonds is 5. The predicted octanol–water partition coefficient (Wildman–Crippen LogP) is 4.47. The quantitative estimate of drug-likeness (QED) is 0.794. The number of carbonyl (C=O) groups is 1. The molecule has 2 amide bonds. The molecule has 0 radical (unpaired) electrons. The lowest BCUT2D eigenvalue weighted by Gasteiger charge is -2.12. The highest BCUT2D eigenvalue weighted by Crippen LogP contribution is 2.21. The molecule has 0 saturated carbocycles. The third-order valence-corrected chi connectivity index (χ3v) is 4.06. The number of amides is 2. The van der Waals surface area contributed by atoms with Crippen LogP contribution < -0.4 is 15.4 Å². The first kappa shape index (κ1) is 17.2. The van der Waals surface area contributed by atoms with Crippen molar-refractivity contribution in [2.45, 2.75) is 20.8 Å². The van der Waals surface area contributed by atoms with Crippen molar-refractivity contribution in [3.63, 3.8) is 0 Å². The fourth-order valence-electron chi connectivity index (χ4n) is 2.09. The van der Waals surface area contributed by atoms with Crippen molar-refractivity contribution < 1.29 is 9.53 Å². The number of urea groups is 1. The number of hydrogen-bond acceptors (Lipinski definition) is 2. The molecule has 0 aromatic heterocycles. The molecule has 0 aliphatic carbocycles. The van der Waals surface area contributed by atoms with Crippen LogP contribution in [-0.4, -0.2) is 19.2 Å². The molecule has 0 aliphatic rings. The van der Waals surface area contributed by atoms with Crippen LogP contribution in [0.4, 0.5) is 10.5 Å². The fraction of sp³-hybridized carbons (Fsp3) is 0.278. The zero-order chi connectivity index (χ0) is 16.8. The summed E-state index contributed by atoms with van der Waals surface area (Å²) in [6, 6.07) is 11.1. The third-order valence-electron chi connectivity index (χ3n) is 3.64. The Morgan fingerprint density at radius 2 is 1.91 bits per heavy atom. The Kier molecular flexibility index (Phi) is 5.88. The molecule has 0 unspecified atom stereocenters. The van der Waals surface area contributed by atoms with Crippen LogP contribution in [0.3, 0.4) is 0 Å². The zero-order valence-corrected chi connectivity index (χ0v) is 14.3. The van der Waals surface area contributed by atoms with Crippen molar-refractivity contribution in [2.24, 2.45) is 0 Å². The first-order valence-electron chi connectivity index (χ1n) is 7.47. The van der Waals surface area contributed by atoms with Gasteiger partial charge in [0.2, 0.25) is 0 Å². The van der Waals surface area contributed by atoms with Gasteiger partial charge in [-0.25, -0.2) is 4.79 Å². The van der Waals surface area contributed by atoms with Gasteiger partial charge in [0, 0.05) is 10.7 Å². The van der Waals surface area contributed by atoms with Crippen LogP contribution >= 0.6 is 11.6 Å². The van der Waals surface area contributed by atoms with Crippen molar-refractivity contribution >= 4 is 23.3 Å². The Morgan fingerprint density at radius 1 is 1.13 bits per heavy atom. The minimum Gasteiger partial charge on any atom is -0.492 e. The molecule has 0 spiro atoms. The largest absolute Gasteiger partial charge is 0.492 e. The van der Waals surface area contributed by atoms with Crippen molar-refractivity contribution in [3.05, 3.63) is 58.1 Å². The summed E-state index contributed by atoms with van der Waals surface area (Å²) >= 11 is 5.96. The number of halogens is 1. The van der Waals surface area contributed by atoms with Gasteiger partial charge in [-0.1, -0.05) is 23.7 Å². The minimum absolute atomic E-state index is 0.241. The molecule has 0 saturated heterocycles. The molecule has 4 nitrogen and oxygen atoms in total. The first-order chi connectivity index (χ1) is 11.0. The summed E-state index contributed by atoms with van der Waals surface area (Å²) in [6.45, 7) is 6.72. The Bertz CT molecular complexity index is 701. The van der Waals surface area contributed by atoms with Crippen LogP contribution in [0.5, 0.6) is 5.75 Å². The van der Waals surface area contributed by atoms with Crippen molar-refractivity contribution in [3.8, 4) is 5.75 Å². The van der Waals surface area contributed by atoms with E-state index in [1.54, 1.807) is 6.07 Å². The van der Waals surface area contributed by atoms with Gasteiger partial charge >= 0.3 is 6.03 Å². The standard InChI is InChI=1S/C18H21ClN2O2/c1-12-5-4-6-17(14(12)3)21-18(22)20-9-10-23-15-7-8-16(19)13(2)11-15/h4-8,11H,9-10H2,1-3H3,(H2,20,21,22). The van der Waals surface area contributed by atoms with Gasteiger partial charge in [0.05, 0.1) is 6.54 Å². The molecular weight excluding hydrogens is 312 g/mol. The smallest absolute Gasteiger partial charge is 0.319 e. The van der Waals surface area contributed by atoms with E-state index in [0.717, 1.165) is 28.1 Å². The second-order valence-electron chi connectivity index (χ2n) is 5.39. The maximum Gasteiger partial charge on any atom is 0.319 e. The van der Waals surface area contributed by atoms with Crippen LogP contribution in [0.2, 0.25) is 5.02 Å². The average molecular weight is 333 g/mol. The number of ether oxygens (including phenoxy) is 1. The molecular formula is C18H21ClN2O2. The Hall–Kier alpha value is -2.20. The molecule has 2 N–H and O–H groups in total. The Morgan fingerprint density at radius 3 is 2.65 bits per heavy atom. The van der Waals surface area contributed by atoms with Gasteiger partial charge in [-0.2, -0.15) is 0 Å². The zero-order valence-electron chi connectivity index (χ0n) is 13.6. The van der Waals surface area contributed by atoms with E-state index in [9.17, 15) is 4.79 Å². The highest BCUT2D eigenvalue weighted by atomic mass is 35.5. The molecule has 23 heavy (non-hydrogen) atoms. The van der Waals surface area contributed by atoms with Gasteiger partial charge < -0.3 is 15.4 Å². The van der Waals surface area contributed by atoms with Gasteiger partial charge in [-0.05, 0) is 61.7 Å². The molecule has 0 aliphatic heterocycles. The highest BCUT2D eigenvalue weighted by molar-refractivity contribution is 6.31. The number of aryl methyl sites for hydroxylation is 2. The summed E-state index contributed by atoms with van der Waals surface area (Å²) in [5.74, 6) is 0.739. The average Bonchev–Trinajstić information content (AvgIpc) is 2.52. The molecule has 0 heterocycles. The van der Waals surface area contributed by atoms with Gasteiger partial charge in [-0.15, -0.1) is 0 Å². The van der Waals surface area contributed by atoms with Gasteiger partial charge in [0.15, 0.2) is 0 Å². The number of hydrogen-bond donors (Lipinski definition) is 2. The molecule has 2 aromatic rings. The van der Waals surface area contributed by atoms with E-state index in [-0.39, 0.29) is 6.03 Å². The number of carbonyl (C=O) groups excluding carboxylic acids is 1. The molecule has 2 aromatic carbocycles. The summed E-state index contributed by atoms with van der Waals surface area (Å²) in [5, 5.41) is 6.33. The summed E-state index contributed by atoms with van der Waals surface area (Å²) in [5.41, 5.74) is 3.99. The second-order valence-corrected chi connectivity index (χ2v) is 5.80. The van der Waals surface area contributed by atoms with Crippen molar-refractivity contribution in [2.75, 3.05) is 18.5 Å². The molecule has 0 bridgehead atoms. The lowest BCUT2D eigenvalue weighted by atomic mass is 10.1. The van der Waals surface area contributed by atoms with Crippen LogP contribution in [0.1, 0.15) is 16.7 Å². The van der Waals surface area contributed by atoms with E-state index in [2.05, 4.69) is 10.6 Å². The monoisotopic (exact) mass is 332 g/mol. The van der Waals surface area contributed by atoms with E-state index >= 15 is 0 Å². The minimum atomic E-state index is -0.241. The lowest BCUT2D eigenvalue weighted by Crippen LogP contribution is -2.32.